The fraction of sp³-hybridized carbons (Fsp3) is 0.118. The summed E-state index contributed by atoms with van der Waals surface area (Å²) in [4.78, 5) is 11.9. The Balaban J connectivity index is 2.57. The molecule has 0 saturated heterocycles. The summed E-state index contributed by atoms with van der Waals surface area (Å²) >= 11 is 0. The van der Waals surface area contributed by atoms with Gasteiger partial charge in [0.05, 0.1) is 12.7 Å². The second-order valence-corrected chi connectivity index (χ2v) is 4.28. The van der Waals surface area contributed by atoms with Crippen molar-refractivity contribution in [3.05, 3.63) is 71.8 Å². The molecule has 0 heterocycles. The summed E-state index contributed by atoms with van der Waals surface area (Å²) in [5.41, 5.74) is 3.22. The Labute approximate surface area is 113 Å². The van der Waals surface area contributed by atoms with E-state index in [2.05, 4.69) is 6.58 Å². The fourth-order valence-electron chi connectivity index (χ4n) is 2.11. The highest BCUT2D eigenvalue weighted by Gasteiger charge is 2.16. The predicted molar refractivity (Wildman–Crippen MR) is 77.6 cm³/mol. The van der Waals surface area contributed by atoms with Gasteiger partial charge in [0, 0.05) is 0 Å². The molecule has 0 aliphatic carbocycles. The van der Waals surface area contributed by atoms with Crippen LogP contribution in [0, 0.1) is 0 Å². The predicted octanol–water partition coefficient (Wildman–Crippen LogP) is 3.96. The second-order valence-electron chi connectivity index (χ2n) is 4.28. The smallest absolute Gasteiger partial charge is 0.164 e. The van der Waals surface area contributed by atoms with Gasteiger partial charge in [-0.15, -0.1) is 0 Å². The van der Waals surface area contributed by atoms with Gasteiger partial charge in [0.25, 0.3) is 0 Å². The molecule has 0 atom stereocenters. The van der Waals surface area contributed by atoms with Gasteiger partial charge < -0.3 is 4.74 Å². The van der Waals surface area contributed by atoms with Crippen LogP contribution in [0.15, 0.2) is 55.1 Å². The summed E-state index contributed by atoms with van der Waals surface area (Å²) in [6.45, 7) is 5.65. The quantitative estimate of drug-likeness (QED) is 0.770. The van der Waals surface area contributed by atoms with Gasteiger partial charge in [-0.25, -0.2) is 0 Å². The highest BCUT2D eigenvalue weighted by molar-refractivity contribution is 6.03. The maximum atomic E-state index is 11.9. The van der Waals surface area contributed by atoms with E-state index in [1.165, 1.54) is 0 Å². The van der Waals surface area contributed by atoms with E-state index in [9.17, 15) is 4.79 Å². The topological polar surface area (TPSA) is 26.3 Å². The van der Waals surface area contributed by atoms with E-state index >= 15 is 0 Å². The van der Waals surface area contributed by atoms with E-state index in [-0.39, 0.29) is 5.78 Å². The number of rotatable bonds is 4. The van der Waals surface area contributed by atoms with Crippen molar-refractivity contribution in [1.29, 1.82) is 0 Å². The lowest BCUT2D eigenvalue weighted by molar-refractivity contribution is 0.101. The zero-order valence-electron chi connectivity index (χ0n) is 11.1. The molecule has 2 aromatic carbocycles. The minimum absolute atomic E-state index is 0.0236. The molecule has 96 valence electrons. The van der Waals surface area contributed by atoms with Gasteiger partial charge in [-0.1, -0.05) is 49.0 Å². The first-order valence-electron chi connectivity index (χ1n) is 6.07. The number of carbonyl (C=O) groups excluding carboxylic acids is 1. The van der Waals surface area contributed by atoms with Crippen molar-refractivity contribution < 1.29 is 9.53 Å². The van der Waals surface area contributed by atoms with Gasteiger partial charge in [-0.2, -0.15) is 0 Å². The molecule has 19 heavy (non-hydrogen) atoms. The number of hydrogen-bond donors (Lipinski definition) is 0. The average Bonchev–Trinajstić information content (AvgIpc) is 2.46. The van der Waals surface area contributed by atoms with Crippen molar-refractivity contribution in [3.63, 3.8) is 0 Å². The van der Waals surface area contributed by atoms with E-state index in [0.29, 0.717) is 11.3 Å². The zero-order chi connectivity index (χ0) is 13.8. The van der Waals surface area contributed by atoms with Crippen LogP contribution in [0.25, 0.3) is 5.57 Å². The molecule has 2 rings (SSSR count). The summed E-state index contributed by atoms with van der Waals surface area (Å²) in [6, 6.07) is 15.4. The number of ether oxygens (including phenoxy) is 1. The van der Waals surface area contributed by atoms with Crippen molar-refractivity contribution in [2.45, 2.75) is 6.92 Å². The molecule has 0 aliphatic rings. The third kappa shape index (κ3) is 2.58. The monoisotopic (exact) mass is 252 g/mol. The molecule has 0 fully saturated rings. The van der Waals surface area contributed by atoms with Crippen molar-refractivity contribution >= 4 is 11.4 Å². The Morgan fingerprint density at radius 1 is 1.05 bits per heavy atom. The lowest BCUT2D eigenvalue weighted by Crippen LogP contribution is -2.03. The third-order valence-electron chi connectivity index (χ3n) is 3.05. The van der Waals surface area contributed by atoms with Crippen LogP contribution in [0.3, 0.4) is 0 Å². The highest BCUT2D eigenvalue weighted by Crippen LogP contribution is 2.30. The lowest BCUT2D eigenvalue weighted by atomic mass is 9.93. The van der Waals surface area contributed by atoms with E-state index in [0.717, 1.165) is 16.7 Å². The SMILES string of the molecule is C=C(c1ccccc1)c1cccc(OC)c1C(C)=O. The zero-order valence-corrected chi connectivity index (χ0v) is 11.1. The van der Waals surface area contributed by atoms with Gasteiger partial charge in [0.15, 0.2) is 5.78 Å². The summed E-state index contributed by atoms with van der Waals surface area (Å²) in [5.74, 6) is 0.562. The van der Waals surface area contributed by atoms with Crippen LogP contribution in [-0.4, -0.2) is 12.9 Å². The number of benzene rings is 2. The molecule has 0 aromatic heterocycles. The summed E-state index contributed by atoms with van der Waals surface area (Å²) in [7, 11) is 1.57. The van der Waals surface area contributed by atoms with Gasteiger partial charge >= 0.3 is 0 Å². The van der Waals surface area contributed by atoms with Gasteiger partial charge in [-0.05, 0) is 29.7 Å². The Morgan fingerprint density at radius 2 is 1.74 bits per heavy atom. The van der Waals surface area contributed by atoms with E-state index < -0.39 is 0 Å². The van der Waals surface area contributed by atoms with Crippen LogP contribution in [0.4, 0.5) is 0 Å². The number of Topliss-reactive ketones (excluding diaryl/α,β-unsaturated/α-hetero) is 1. The van der Waals surface area contributed by atoms with Crippen LogP contribution in [-0.2, 0) is 0 Å². The maximum Gasteiger partial charge on any atom is 0.164 e. The average molecular weight is 252 g/mol. The van der Waals surface area contributed by atoms with Gasteiger partial charge in [-0.3, -0.25) is 4.79 Å². The Hall–Kier alpha value is -2.35. The molecule has 0 bridgehead atoms. The Kier molecular flexibility index (Phi) is 3.81. The Bertz CT molecular complexity index is 612. The van der Waals surface area contributed by atoms with Crippen molar-refractivity contribution in [1.82, 2.24) is 0 Å². The first kappa shape index (κ1) is 13.1. The molecule has 2 heteroatoms. The highest BCUT2D eigenvalue weighted by atomic mass is 16.5. The number of methoxy groups -OCH3 is 1. The van der Waals surface area contributed by atoms with Gasteiger partial charge in [0.2, 0.25) is 0 Å². The number of ketones is 1. The molecule has 2 nitrogen and oxygen atoms in total. The largest absolute Gasteiger partial charge is 0.496 e. The first-order valence-corrected chi connectivity index (χ1v) is 6.07. The summed E-state index contributed by atoms with van der Waals surface area (Å²) in [6.07, 6.45) is 0. The second kappa shape index (κ2) is 5.53. The number of carbonyl (C=O) groups is 1. The normalized spacial score (nSPS) is 10.0. The third-order valence-corrected chi connectivity index (χ3v) is 3.05. The van der Waals surface area contributed by atoms with E-state index in [1.807, 2.05) is 42.5 Å². The fourth-order valence-corrected chi connectivity index (χ4v) is 2.11. The standard InChI is InChI=1S/C17H16O2/c1-12(14-8-5-4-6-9-14)15-10-7-11-16(19-3)17(15)13(2)18/h4-11H,1H2,2-3H3. The van der Waals surface area contributed by atoms with E-state index in [1.54, 1.807) is 20.1 Å². The number of hydrogen-bond acceptors (Lipinski definition) is 2. The summed E-state index contributed by atoms with van der Waals surface area (Å²) < 4.78 is 5.27. The minimum atomic E-state index is -0.0236. The molecular formula is C17H16O2. The molecule has 0 amide bonds. The molecule has 0 spiro atoms. The van der Waals surface area contributed by atoms with Crippen LogP contribution >= 0.6 is 0 Å². The maximum absolute atomic E-state index is 11.9. The lowest BCUT2D eigenvalue weighted by Gasteiger charge is -2.13. The van der Waals surface area contributed by atoms with Crippen LogP contribution in [0.1, 0.15) is 28.4 Å². The van der Waals surface area contributed by atoms with E-state index in [4.69, 9.17) is 4.74 Å². The molecule has 0 aliphatic heterocycles. The minimum Gasteiger partial charge on any atom is -0.496 e. The first-order chi connectivity index (χ1) is 9.15. The van der Waals surface area contributed by atoms with Crippen LogP contribution in [0.2, 0.25) is 0 Å². The molecule has 0 radical (unpaired) electrons. The van der Waals surface area contributed by atoms with Crippen molar-refractivity contribution in [3.8, 4) is 5.75 Å². The van der Waals surface area contributed by atoms with Gasteiger partial charge in [0.1, 0.15) is 5.75 Å². The van der Waals surface area contributed by atoms with Crippen LogP contribution < -0.4 is 4.74 Å². The summed E-state index contributed by atoms with van der Waals surface area (Å²) in [5, 5.41) is 0. The van der Waals surface area contributed by atoms with Crippen molar-refractivity contribution in [2.24, 2.45) is 0 Å². The molecule has 0 N–H and O–H groups in total. The molecular weight excluding hydrogens is 236 g/mol. The van der Waals surface area contributed by atoms with Crippen molar-refractivity contribution in [2.75, 3.05) is 7.11 Å². The molecule has 2 aromatic rings. The molecule has 0 saturated carbocycles. The molecule has 0 unspecified atom stereocenters. The van der Waals surface area contributed by atoms with Crippen LogP contribution in [0.5, 0.6) is 5.75 Å². The Morgan fingerprint density at radius 3 is 2.32 bits per heavy atom.